The van der Waals surface area contributed by atoms with E-state index in [9.17, 15) is 9.90 Å². The minimum atomic E-state index is -0.453. The number of nitrogens with one attached hydrogen (secondary N) is 2. The van der Waals surface area contributed by atoms with E-state index in [1.807, 2.05) is 54.6 Å². The van der Waals surface area contributed by atoms with Crippen LogP contribution in [0.25, 0.3) is 11.3 Å². The molecule has 4 aromatic rings. The van der Waals surface area contributed by atoms with E-state index >= 15 is 0 Å². The molecule has 1 heterocycles. The van der Waals surface area contributed by atoms with Crippen LogP contribution < -0.4 is 10.2 Å². The van der Waals surface area contributed by atoms with Gasteiger partial charge in [-0.15, -0.1) is 0 Å². The van der Waals surface area contributed by atoms with Gasteiger partial charge in [0.15, 0.2) is 0 Å². The Morgan fingerprint density at radius 2 is 1.94 bits per heavy atom. The molecule has 0 aliphatic heterocycles. The minimum absolute atomic E-state index is 0.0596. The summed E-state index contributed by atoms with van der Waals surface area (Å²) in [6, 6.07) is 24.0. The smallest absolute Gasteiger partial charge is 0.289 e. The van der Waals surface area contributed by atoms with Crippen molar-refractivity contribution in [2.24, 2.45) is 5.10 Å². The van der Waals surface area contributed by atoms with Crippen LogP contribution in [-0.2, 0) is 6.61 Å². The van der Waals surface area contributed by atoms with Crippen molar-refractivity contribution in [1.29, 1.82) is 0 Å². The summed E-state index contributed by atoms with van der Waals surface area (Å²) < 4.78 is 6.65. The third-order valence-corrected chi connectivity index (χ3v) is 5.05. The molecule has 1 amide bonds. The third kappa shape index (κ3) is 5.41. The van der Waals surface area contributed by atoms with Crippen molar-refractivity contribution in [2.75, 3.05) is 0 Å². The van der Waals surface area contributed by atoms with Gasteiger partial charge in [-0.25, -0.2) is 5.43 Å². The fourth-order valence-electron chi connectivity index (χ4n) is 2.92. The fraction of sp³-hybridized carbons (Fsp3) is 0.0417. The number of aromatic amines is 1. The number of carbonyl (C=O) groups is 1. The van der Waals surface area contributed by atoms with E-state index in [-0.39, 0.29) is 11.4 Å². The molecule has 0 unspecified atom stereocenters. The Balaban J connectivity index is 1.40. The first-order chi connectivity index (χ1) is 15.6. The molecule has 0 spiro atoms. The summed E-state index contributed by atoms with van der Waals surface area (Å²) in [5.41, 5.74) is 5.64. The number of aromatic nitrogens is 2. The van der Waals surface area contributed by atoms with Crippen LogP contribution in [0.4, 0.5) is 0 Å². The second-order valence-electron chi connectivity index (χ2n) is 6.87. The van der Waals surface area contributed by atoms with Gasteiger partial charge in [0.2, 0.25) is 0 Å². The zero-order valence-electron chi connectivity index (χ0n) is 16.8. The first kappa shape index (κ1) is 21.3. The topological polar surface area (TPSA) is 99.6 Å². The lowest BCUT2D eigenvalue weighted by molar-refractivity contribution is 0.0950. The number of amides is 1. The summed E-state index contributed by atoms with van der Waals surface area (Å²) in [4.78, 5) is 12.4. The van der Waals surface area contributed by atoms with E-state index < -0.39 is 5.91 Å². The van der Waals surface area contributed by atoms with Gasteiger partial charge in [-0.3, -0.25) is 9.89 Å². The van der Waals surface area contributed by atoms with Crippen molar-refractivity contribution in [1.82, 2.24) is 15.6 Å². The molecule has 0 atom stereocenters. The van der Waals surface area contributed by atoms with Crippen molar-refractivity contribution in [3.8, 4) is 22.8 Å². The number of hydrogen-bond donors (Lipinski definition) is 3. The average molecular weight is 491 g/mol. The Morgan fingerprint density at radius 1 is 1.09 bits per heavy atom. The Bertz CT molecular complexity index is 1260. The van der Waals surface area contributed by atoms with Crippen LogP contribution in [0, 0.1) is 0 Å². The lowest BCUT2D eigenvalue weighted by Gasteiger charge is -2.07. The number of phenols is 1. The number of phenolic OH excluding ortho intramolecular Hbond substituents is 1. The number of ether oxygens (including phenoxy) is 1. The van der Waals surface area contributed by atoms with Crippen LogP contribution in [0.2, 0.25) is 0 Å². The molecule has 4 rings (SSSR count). The summed E-state index contributed by atoms with van der Waals surface area (Å²) in [6.07, 6.45) is 1.36. The first-order valence-electron chi connectivity index (χ1n) is 9.73. The van der Waals surface area contributed by atoms with Gasteiger partial charge in [-0.05, 0) is 42.0 Å². The third-order valence-electron chi connectivity index (χ3n) is 4.56. The van der Waals surface area contributed by atoms with E-state index in [1.165, 1.54) is 12.3 Å². The lowest BCUT2D eigenvalue weighted by Crippen LogP contribution is -2.18. The quantitative estimate of drug-likeness (QED) is 0.253. The van der Waals surface area contributed by atoms with Gasteiger partial charge in [0.25, 0.3) is 5.91 Å². The normalized spacial score (nSPS) is 10.9. The van der Waals surface area contributed by atoms with Gasteiger partial charge >= 0.3 is 0 Å². The zero-order chi connectivity index (χ0) is 22.3. The standard InChI is InChI=1S/C24H19BrN4O3/c25-19-9-10-23(30)18(11-19)14-26-29-24(31)22-13-21(27-28-22)17-7-4-8-20(12-17)32-15-16-5-2-1-3-6-16/h1-14,30H,15H2,(H,27,28)(H,29,31)/b26-14+. The van der Waals surface area contributed by atoms with Crippen LogP contribution in [0.15, 0.2) is 88.4 Å². The summed E-state index contributed by atoms with van der Waals surface area (Å²) in [5, 5.41) is 20.7. The average Bonchev–Trinajstić information content (AvgIpc) is 3.31. The number of benzene rings is 3. The van der Waals surface area contributed by atoms with E-state index in [4.69, 9.17) is 4.74 Å². The van der Waals surface area contributed by atoms with Gasteiger partial charge in [0.05, 0.1) is 11.9 Å². The van der Waals surface area contributed by atoms with E-state index in [2.05, 4.69) is 36.7 Å². The minimum Gasteiger partial charge on any atom is -0.507 e. The van der Waals surface area contributed by atoms with Gasteiger partial charge in [-0.1, -0.05) is 58.4 Å². The number of rotatable bonds is 7. The molecule has 0 aliphatic carbocycles. The van der Waals surface area contributed by atoms with E-state index in [1.54, 1.807) is 18.2 Å². The molecule has 3 aromatic carbocycles. The van der Waals surface area contributed by atoms with Gasteiger partial charge in [0, 0.05) is 15.6 Å². The SMILES string of the molecule is O=C(N/N=C/c1cc(Br)ccc1O)c1cc(-c2cccc(OCc3ccccc3)c2)n[nH]1. The monoisotopic (exact) mass is 490 g/mol. The molecule has 160 valence electrons. The molecule has 0 bridgehead atoms. The van der Waals surface area contributed by atoms with Crippen molar-refractivity contribution >= 4 is 28.1 Å². The number of aromatic hydroxyl groups is 1. The number of carbonyl (C=O) groups excluding carboxylic acids is 1. The van der Waals surface area contributed by atoms with Crippen molar-refractivity contribution in [3.63, 3.8) is 0 Å². The maximum Gasteiger partial charge on any atom is 0.289 e. The molecular formula is C24H19BrN4O3. The summed E-state index contributed by atoms with van der Waals surface area (Å²) in [6.45, 7) is 0.462. The van der Waals surface area contributed by atoms with Crippen LogP contribution in [-0.4, -0.2) is 27.4 Å². The van der Waals surface area contributed by atoms with Gasteiger partial charge in [0.1, 0.15) is 23.8 Å². The molecule has 1 aromatic heterocycles. The Hall–Kier alpha value is -3.91. The molecular weight excluding hydrogens is 472 g/mol. The van der Waals surface area contributed by atoms with Crippen LogP contribution in [0.5, 0.6) is 11.5 Å². The Kier molecular flexibility index (Phi) is 6.62. The zero-order valence-corrected chi connectivity index (χ0v) is 18.4. The number of hydrogen-bond acceptors (Lipinski definition) is 5. The molecule has 8 heteroatoms. The molecule has 7 nitrogen and oxygen atoms in total. The second-order valence-corrected chi connectivity index (χ2v) is 7.79. The molecule has 0 saturated heterocycles. The highest BCUT2D eigenvalue weighted by Crippen LogP contribution is 2.24. The maximum atomic E-state index is 12.4. The van der Waals surface area contributed by atoms with E-state index in [0.29, 0.717) is 23.6 Å². The number of nitrogens with zero attached hydrogens (tertiary/aromatic N) is 2. The van der Waals surface area contributed by atoms with Crippen molar-refractivity contribution < 1.29 is 14.6 Å². The molecule has 0 aliphatic rings. The molecule has 32 heavy (non-hydrogen) atoms. The fourth-order valence-corrected chi connectivity index (χ4v) is 3.30. The van der Waals surface area contributed by atoms with Gasteiger partial charge < -0.3 is 9.84 Å². The number of H-pyrrole nitrogens is 1. The molecule has 0 saturated carbocycles. The number of hydrazone groups is 1. The maximum absolute atomic E-state index is 12.4. The summed E-state index contributed by atoms with van der Waals surface area (Å²) in [5.74, 6) is 0.314. The second kappa shape index (κ2) is 9.93. The molecule has 0 radical (unpaired) electrons. The summed E-state index contributed by atoms with van der Waals surface area (Å²) in [7, 11) is 0. The number of halogens is 1. The van der Waals surface area contributed by atoms with Crippen molar-refractivity contribution in [2.45, 2.75) is 6.61 Å². The van der Waals surface area contributed by atoms with E-state index in [0.717, 1.165) is 15.6 Å². The van der Waals surface area contributed by atoms with Crippen molar-refractivity contribution in [3.05, 3.63) is 100 Å². The largest absolute Gasteiger partial charge is 0.507 e. The molecule has 0 fully saturated rings. The lowest BCUT2D eigenvalue weighted by atomic mass is 10.1. The Labute approximate surface area is 192 Å². The highest BCUT2D eigenvalue weighted by molar-refractivity contribution is 9.10. The van der Waals surface area contributed by atoms with Gasteiger partial charge in [-0.2, -0.15) is 10.2 Å². The first-order valence-corrected chi connectivity index (χ1v) is 10.5. The highest BCUT2D eigenvalue weighted by Gasteiger charge is 2.11. The summed E-state index contributed by atoms with van der Waals surface area (Å²) >= 11 is 3.32. The van der Waals surface area contributed by atoms with Crippen LogP contribution >= 0.6 is 15.9 Å². The van der Waals surface area contributed by atoms with Crippen LogP contribution in [0.1, 0.15) is 21.6 Å². The van der Waals surface area contributed by atoms with Crippen LogP contribution in [0.3, 0.4) is 0 Å². The molecule has 3 N–H and O–H groups in total. The predicted molar refractivity (Wildman–Crippen MR) is 126 cm³/mol. The Morgan fingerprint density at radius 3 is 2.78 bits per heavy atom. The highest BCUT2D eigenvalue weighted by atomic mass is 79.9. The predicted octanol–water partition coefficient (Wildman–Crippen LogP) is 4.89.